The van der Waals surface area contributed by atoms with Crippen molar-refractivity contribution >= 4 is 88.1 Å². The van der Waals surface area contributed by atoms with E-state index in [0.717, 1.165) is 28.9 Å². The number of hydroxylamine groups is 2. The number of anilines is 4. The number of hydrogen-bond donors (Lipinski definition) is 3. The van der Waals surface area contributed by atoms with Gasteiger partial charge in [-0.1, -0.05) is 62.4 Å². The van der Waals surface area contributed by atoms with Crippen molar-refractivity contribution in [3.8, 4) is 23.0 Å². The van der Waals surface area contributed by atoms with Crippen LogP contribution in [-0.2, 0) is 57.8 Å². The van der Waals surface area contributed by atoms with Gasteiger partial charge in [-0.25, -0.2) is 9.59 Å². The predicted octanol–water partition coefficient (Wildman–Crippen LogP) is 8.24. The number of carbonyl (C=O) groups excluding carboxylic acids is 9. The molecule has 0 aromatic heterocycles. The third-order valence-corrected chi connectivity index (χ3v) is 17.2. The normalized spacial score (nSPS) is 19.3. The third-order valence-electron chi connectivity index (χ3n) is 17.2. The molecule has 89 heavy (non-hydrogen) atoms. The highest BCUT2D eigenvalue weighted by atomic mass is 16.7. The van der Waals surface area contributed by atoms with Crippen LogP contribution in [0.25, 0.3) is 0 Å². The molecule has 23 nitrogen and oxygen atoms in total. The number of rotatable bonds is 23. The van der Waals surface area contributed by atoms with E-state index in [0.29, 0.717) is 95.0 Å². The van der Waals surface area contributed by atoms with Gasteiger partial charge >= 0.3 is 12.1 Å². The molecule has 5 aromatic carbocycles. The number of benzene rings is 5. The molecule has 3 N–H and O–H groups in total. The van der Waals surface area contributed by atoms with Crippen LogP contribution in [0.5, 0.6) is 23.0 Å². The third kappa shape index (κ3) is 12.6. The molecule has 5 aliphatic heterocycles. The van der Waals surface area contributed by atoms with Crippen molar-refractivity contribution in [3.05, 3.63) is 125 Å². The quantitative estimate of drug-likeness (QED) is 0.0410. The smallest absolute Gasteiger partial charge is 0.414 e. The Morgan fingerprint density at radius 3 is 1.96 bits per heavy atom. The van der Waals surface area contributed by atoms with E-state index in [9.17, 15) is 43.2 Å². The Balaban J connectivity index is 0.675. The number of fused-ring (bicyclic) bond motifs is 8. The number of nitrogens with zero attached hydrogens (tertiary/aromatic N) is 5. The van der Waals surface area contributed by atoms with Crippen molar-refractivity contribution in [2.75, 3.05) is 54.0 Å². The van der Waals surface area contributed by atoms with E-state index in [1.165, 1.54) is 26.0 Å². The van der Waals surface area contributed by atoms with Gasteiger partial charge in [0.25, 0.3) is 23.6 Å². The summed E-state index contributed by atoms with van der Waals surface area (Å²) in [7, 11) is 3.03. The summed E-state index contributed by atoms with van der Waals surface area (Å²) in [5.74, 6) is -2.29. The molecule has 0 radical (unpaired) electrons. The SMILES string of the molecule is COc1cc2c(cc1OCCCCCOc1cc3c(cc1OC)C(=O)N1c4ccccc4C[C@H]1CN3C(=O)OCc1ccc(NC(=O)[C@H](C)NC(=O)C3(NC(=O)CCCCC(=O)ON4C(=O)CCC4=O)CC3(C)C)cc1)N=C[C@@H]1Cc3ccccc3N1C2=O. The number of methoxy groups -OCH3 is 2. The number of carbonyl (C=O) groups is 9. The molecule has 0 spiro atoms. The lowest BCUT2D eigenvalue weighted by molar-refractivity contribution is -0.197. The molecule has 464 valence electrons. The molecule has 0 bridgehead atoms. The second-order valence-electron chi connectivity index (χ2n) is 23.6. The van der Waals surface area contributed by atoms with Gasteiger partial charge in [0.05, 0.1) is 68.6 Å². The van der Waals surface area contributed by atoms with Crippen LogP contribution < -0.4 is 49.6 Å². The maximum atomic E-state index is 14.6. The standard InChI is InChI=1S/C66H70N8O15/c1-39(68-63(82)66(38-65(66,2)3)70-56(75)19-11-12-20-59(78)89-74-57(76)25-26-58(74)77)60(79)69-43-23-21-40(22-24-43)37-88-64(83)71-36-45-30-42-16-8-10-18-50(42)73(45)62(81)47-32-53(85-5)55(34-51(47)71)87-28-14-6-13-27-86-54-33-48-46(31-52(54)84-4)61(80)72-44(35-67-48)29-41-15-7-9-17-49(41)72/h7-10,15-18,21-24,31-35,39,44-45H,6,11-14,19-20,25-30,36-38H2,1-5H3,(H,68,82)(H,69,79)(H,70,75)/t39-,44-,45-,66?/m0/s1. The average Bonchev–Trinajstić information content (AvgIpc) is 1.56. The molecular formula is C66H70N8O15. The summed E-state index contributed by atoms with van der Waals surface area (Å²) in [5, 5.41) is 8.86. The number of imide groups is 1. The lowest BCUT2D eigenvalue weighted by Crippen LogP contribution is -2.55. The Kier molecular flexibility index (Phi) is 17.4. The van der Waals surface area contributed by atoms with Crippen LogP contribution in [0, 0.1) is 5.41 Å². The van der Waals surface area contributed by atoms with Crippen molar-refractivity contribution in [1.82, 2.24) is 15.7 Å². The summed E-state index contributed by atoms with van der Waals surface area (Å²) in [6.45, 7) is 5.78. The lowest BCUT2D eigenvalue weighted by Gasteiger charge is -2.26. The first kappa shape index (κ1) is 60.9. The largest absolute Gasteiger partial charge is 0.493 e. The number of amides is 8. The summed E-state index contributed by atoms with van der Waals surface area (Å²) in [5.41, 5.74) is 4.31. The molecule has 5 heterocycles. The van der Waals surface area contributed by atoms with E-state index in [2.05, 4.69) is 16.0 Å². The Hall–Kier alpha value is -9.80. The molecule has 8 amide bonds. The van der Waals surface area contributed by atoms with Crippen LogP contribution >= 0.6 is 0 Å². The summed E-state index contributed by atoms with van der Waals surface area (Å²) in [6, 6.07) is 27.3. The first-order chi connectivity index (χ1) is 42.9. The van der Waals surface area contributed by atoms with E-state index in [-0.39, 0.29) is 81.7 Å². The topological polar surface area (TPSA) is 270 Å². The monoisotopic (exact) mass is 1210 g/mol. The van der Waals surface area contributed by atoms with Crippen LogP contribution in [0.15, 0.2) is 102 Å². The van der Waals surface area contributed by atoms with Gasteiger partial charge in [0, 0.05) is 67.5 Å². The summed E-state index contributed by atoms with van der Waals surface area (Å²) in [6.07, 6.45) is 5.02. The zero-order valence-corrected chi connectivity index (χ0v) is 50.2. The Labute approximate surface area is 513 Å². The van der Waals surface area contributed by atoms with Crippen LogP contribution in [0.1, 0.15) is 122 Å². The summed E-state index contributed by atoms with van der Waals surface area (Å²) >= 11 is 0. The molecule has 1 saturated carbocycles. The first-order valence-corrected chi connectivity index (χ1v) is 30.0. The van der Waals surface area contributed by atoms with Crippen LogP contribution in [-0.4, -0.2) is 122 Å². The number of nitrogens with one attached hydrogen (secondary N) is 3. The zero-order chi connectivity index (χ0) is 62.7. The highest BCUT2D eigenvalue weighted by molar-refractivity contribution is 6.16. The van der Waals surface area contributed by atoms with Gasteiger partial charge in [-0.2, -0.15) is 0 Å². The number of ether oxygens (including phenoxy) is 5. The fourth-order valence-electron chi connectivity index (χ4n) is 12.1. The molecule has 6 aliphatic rings. The van der Waals surface area contributed by atoms with Gasteiger partial charge in [0.2, 0.25) is 17.7 Å². The van der Waals surface area contributed by atoms with Gasteiger partial charge in [-0.05, 0) is 110 Å². The molecule has 1 aliphatic carbocycles. The van der Waals surface area contributed by atoms with E-state index < -0.39 is 64.6 Å². The molecular weight excluding hydrogens is 1140 g/mol. The second kappa shape index (κ2) is 25.5. The highest BCUT2D eigenvalue weighted by Gasteiger charge is 2.67. The molecule has 1 saturated heterocycles. The average molecular weight is 1220 g/mol. The minimum Gasteiger partial charge on any atom is -0.493 e. The fourth-order valence-corrected chi connectivity index (χ4v) is 12.1. The minimum absolute atomic E-state index is 0.00411. The van der Waals surface area contributed by atoms with Crippen molar-refractivity contribution in [2.45, 2.75) is 128 Å². The number of para-hydroxylation sites is 2. The summed E-state index contributed by atoms with van der Waals surface area (Å²) < 4.78 is 30.0. The molecule has 23 heteroatoms. The molecule has 1 unspecified atom stereocenters. The van der Waals surface area contributed by atoms with Gasteiger partial charge < -0.3 is 49.4 Å². The van der Waals surface area contributed by atoms with E-state index >= 15 is 0 Å². The van der Waals surface area contributed by atoms with Crippen LogP contribution in [0.2, 0.25) is 0 Å². The molecule has 2 fully saturated rings. The van der Waals surface area contributed by atoms with Gasteiger partial charge in [-0.3, -0.25) is 48.4 Å². The fraction of sp³-hybridized carbons (Fsp3) is 0.394. The molecule has 11 rings (SSSR count). The van der Waals surface area contributed by atoms with E-state index in [1.54, 1.807) is 58.3 Å². The van der Waals surface area contributed by atoms with Crippen molar-refractivity contribution in [3.63, 3.8) is 0 Å². The van der Waals surface area contributed by atoms with Crippen molar-refractivity contribution in [2.24, 2.45) is 10.4 Å². The highest BCUT2D eigenvalue weighted by Crippen LogP contribution is 2.56. The van der Waals surface area contributed by atoms with Crippen LogP contribution in [0.4, 0.5) is 33.2 Å². The van der Waals surface area contributed by atoms with Crippen molar-refractivity contribution < 1.29 is 71.7 Å². The maximum absolute atomic E-state index is 14.6. The molecule has 5 aromatic rings. The predicted molar refractivity (Wildman–Crippen MR) is 326 cm³/mol. The zero-order valence-electron chi connectivity index (χ0n) is 50.2. The van der Waals surface area contributed by atoms with Crippen molar-refractivity contribution in [1.29, 1.82) is 0 Å². The maximum Gasteiger partial charge on any atom is 0.414 e. The molecule has 4 atom stereocenters. The Morgan fingerprint density at radius 2 is 1.29 bits per heavy atom. The minimum atomic E-state index is -1.27. The number of aliphatic imine (C=N–C) groups is 1. The van der Waals surface area contributed by atoms with E-state index in [4.69, 9.17) is 33.5 Å². The Bertz CT molecular complexity index is 3680. The van der Waals surface area contributed by atoms with Crippen LogP contribution in [0.3, 0.4) is 0 Å². The lowest BCUT2D eigenvalue weighted by atomic mass is 10.0. The van der Waals surface area contributed by atoms with E-state index in [1.807, 2.05) is 68.6 Å². The second-order valence-corrected chi connectivity index (χ2v) is 23.6. The number of unbranched alkanes of at least 4 members (excludes halogenated alkanes) is 3. The van der Waals surface area contributed by atoms with Gasteiger partial charge in [-0.15, -0.1) is 5.06 Å². The summed E-state index contributed by atoms with van der Waals surface area (Å²) in [4.78, 5) is 133. The number of hydrogen-bond acceptors (Lipinski definition) is 16. The van der Waals surface area contributed by atoms with Gasteiger partial charge in [0.1, 0.15) is 18.2 Å². The Morgan fingerprint density at radius 1 is 0.685 bits per heavy atom. The first-order valence-electron chi connectivity index (χ1n) is 30.0. The van der Waals surface area contributed by atoms with Gasteiger partial charge in [0.15, 0.2) is 23.0 Å².